The van der Waals surface area contributed by atoms with Gasteiger partial charge >= 0.3 is 5.97 Å². The minimum atomic E-state index is -1.32. The SMILES string of the molecule is Nc1nc2ncc(CNc3ccc(C(=O)NC(CCC(=O)NCC(=O)N/N=C/C4CCCC4)C(=O)O)cc3)nc2c(=O)[nH]1. The second kappa shape index (κ2) is 14.5. The molecule has 226 valence electrons. The zero-order valence-corrected chi connectivity index (χ0v) is 23.1. The Bertz CT molecular complexity index is 1570. The van der Waals surface area contributed by atoms with E-state index in [-0.39, 0.29) is 48.6 Å². The van der Waals surface area contributed by atoms with Crippen LogP contribution in [0.3, 0.4) is 0 Å². The van der Waals surface area contributed by atoms with Gasteiger partial charge in [-0.05, 0) is 49.4 Å². The molecule has 0 spiro atoms. The first-order valence-electron chi connectivity index (χ1n) is 13.7. The van der Waals surface area contributed by atoms with Crippen LogP contribution < -0.4 is 32.7 Å². The maximum atomic E-state index is 12.7. The van der Waals surface area contributed by atoms with Crippen molar-refractivity contribution in [1.29, 1.82) is 0 Å². The van der Waals surface area contributed by atoms with Crippen LogP contribution in [0.2, 0.25) is 0 Å². The summed E-state index contributed by atoms with van der Waals surface area (Å²) in [6.45, 7) is -0.0832. The number of hydrogen-bond acceptors (Lipinski definition) is 11. The Kier molecular flexibility index (Phi) is 10.3. The van der Waals surface area contributed by atoms with Crippen molar-refractivity contribution in [3.63, 3.8) is 0 Å². The number of nitrogens with one attached hydrogen (secondary N) is 5. The topological polar surface area (TPSA) is 247 Å². The van der Waals surface area contributed by atoms with Crippen LogP contribution in [-0.4, -0.2) is 67.5 Å². The number of hydrogen-bond donors (Lipinski definition) is 7. The normalized spacial score (nSPS) is 14.0. The Balaban J connectivity index is 1.21. The molecule has 1 atom stereocenters. The molecule has 0 bridgehead atoms. The Morgan fingerprint density at radius 3 is 2.58 bits per heavy atom. The molecular weight excluding hydrogens is 560 g/mol. The standard InChI is InChI=1S/C27H32N10O6/c28-27-35-23-22(25(41)36-27)33-18(13-31-23)12-29-17-7-5-16(6-8-17)24(40)34-19(26(42)43)9-10-20(38)30-14-21(39)37-32-11-15-3-1-2-4-15/h5-8,11,13,15,19,29H,1-4,9-10,12,14H2,(H,30,38)(H,34,40)(H,37,39)(H,42,43)(H3,28,31,35,36,41)/b32-11+. The number of anilines is 2. The Labute approximate surface area is 245 Å². The molecule has 16 heteroatoms. The number of carbonyl (C=O) groups is 4. The average Bonchev–Trinajstić information content (AvgIpc) is 3.51. The van der Waals surface area contributed by atoms with Crippen LogP contribution in [0.4, 0.5) is 11.6 Å². The summed E-state index contributed by atoms with van der Waals surface area (Å²) in [5.41, 5.74) is 8.84. The summed E-state index contributed by atoms with van der Waals surface area (Å²) in [5.74, 6) is -2.66. The fourth-order valence-electron chi connectivity index (χ4n) is 4.39. The molecule has 3 aromatic rings. The van der Waals surface area contributed by atoms with Crippen molar-refractivity contribution in [3.05, 3.63) is 52.1 Å². The monoisotopic (exact) mass is 592 g/mol. The number of hydrazone groups is 1. The molecule has 3 amide bonds. The van der Waals surface area contributed by atoms with E-state index in [4.69, 9.17) is 5.73 Å². The number of rotatable bonds is 13. The molecule has 1 aromatic carbocycles. The molecule has 0 radical (unpaired) electrons. The van der Waals surface area contributed by atoms with Gasteiger partial charge in [-0.3, -0.25) is 24.2 Å². The molecule has 0 aliphatic heterocycles. The molecular formula is C27H32N10O6. The van der Waals surface area contributed by atoms with Crippen LogP contribution >= 0.6 is 0 Å². The number of carbonyl (C=O) groups excluding carboxylic acids is 3. The van der Waals surface area contributed by atoms with E-state index in [2.05, 4.69) is 46.4 Å². The summed E-state index contributed by atoms with van der Waals surface area (Å²) in [7, 11) is 0. The number of amides is 3. The highest BCUT2D eigenvalue weighted by Crippen LogP contribution is 2.22. The molecule has 1 saturated carbocycles. The summed E-state index contributed by atoms with van der Waals surface area (Å²) < 4.78 is 0. The van der Waals surface area contributed by atoms with Gasteiger partial charge in [0.2, 0.25) is 11.9 Å². The Morgan fingerprint density at radius 1 is 1.12 bits per heavy atom. The number of aliphatic carboxylic acids is 1. The third kappa shape index (κ3) is 9.04. The van der Waals surface area contributed by atoms with Crippen LogP contribution in [0.1, 0.15) is 54.6 Å². The lowest BCUT2D eigenvalue weighted by molar-refractivity contribution is -0.139. The lowest BCUT2D eigenvalue weighted by Crippen LogP contribution is -2.42. The van der Waals surface area contributed by atoms with Gasteiger partial charge < -0.3 is 26.8 Å². The van der Waals surface area contributed by atoms with E-state index in [1.807, 2.05) is 0 Å². The van der Waals surface area contributed by atoms with E-state index in [1.54, 1.807) is 18.3 Å². The molecule has 4 rings (SSSR count). The third-order valence-corrected chi connectivity index (χ3v) is 6.69. The van der Waals surface area contributed by atoms with Crippen LogP contribution in [0.5, 0.6) is 0 Å². The molecule has 0 saturated heterocycles. The summed E-state index contributed by atoms with van der Waals surface area (Å²) in [6.07, 6.45) is 7.15. The first-order valence-corrected chi connectivity index (χ1v) is 13.7. The quantitative estimate of drug-likeness (QED) is 0.105. The van der Waals surface area contributed by atoms with E-state index in [0.717, 1.165) is 25.7 Å². The van der Waals surface area contributed by atoms with Gasteiger partial charge in [-0.1, -0.05) is 12.8 Å². The molecule has 43 heavy (non-hydrogen) atoms. The molecule has 2 aromatic heterocycles. The van der Waals surface area contributed by atoms with E-state index >= 15 is 0 Å². The number of carboxylic acids is 1. The van der Waals surface area contributed by atoms with Gasteiger partial charge in [0.15, 0.2) is 11.2 Å². The maximum absolute atomic E-state index is 12.7. The second-order valence-corrected chi connectivity index (χ2v) is 9.95. The lowest BCUT2D eigenvalue weighted by atomic mass is 10.1. The van der Waals surface area contributed by atoms with E-state index in [9.17, 15) is 29.1 Å². The minimum absolute atomic E-state index is 0.0518. The minimum Gasteiger partial charge on any atom is -0.480 e. The summed E-state index contributed by atoms with van der Waals surface area (Å²) >= 11 is 0. The van der Waals surface area contributed by atoms with Crippen LogP contribution in [0, 0.1) is 5.92 Å². The number of nitrogens with zero attached hydrogens (tertiary/aromatic N) is 4. The molecule has 8 N–H and O–H groups in total. The van der Waals surface area contributed by atoms with Crippen molar-refractivity contribution in [2.45, 2.75) is 51.1 Å². The number of H-pyrrole nitrogens is 1. The fourth-order valence-corrected chi connectivity index (χ4v) is 4.39. The Morgan fingerprint density at radius 2 is 1.86 bits per heavy atom. The highest BCUT2D eigenvalue weighted by Gasteiger charge is 2.22. The van der Waals surface area contributed by atoms with Crippen LogP contribution in [0.25, 0.3) is 11.2 Å². The number of nitrogen functional groups attached to an aromatic ring is 1. The molecule has 1 aliphatic rings. The number of nitrogens with two attached hydrogens (primary N) is 1. The first kappa shape index (κ1) is 30.5. The van der Waals surface area contributed by atoms with Crippen molar-refractivity contribution in [1.82, 2.24) is 36.0 Å². The number of aromatic amines is 1. The maximum Gasteiger partial charge on any atom is 0.326 e. The summed E-state index contributed by atoms with van der Waals surface area (Å²) in [5, 5.41) is 21.3. The third-order valence-electron chi connectivity index (χ3n) is 6.69. The van der Waals surface area contributed by atoms with Crippen LogP contribution in [-0.2, 0) is 20.9 Å². The molecule has 2 heterocycles. The number of carboxylic acid groups (broad SMARTS) is 1. The molecule has 1 fully saturated rings. The lowest BCUT2D eigenvalue weighted by Gasteiger charge is -2.15. The zero-order chi connectivity index (χ0) is 30.8. The summed E-state index contributed by atoms with van der Waals surface area (Å²) in [6, 6.07) is 4.91. The largest absolute Gasteiger partial charge is 0.480 e. The van der Waals surface area contributed by atoms with Gasteiger partial charge in [-0.25, -0.2) is 20.2 Å². The van der Waals surface area contributed by atoms with Crippen molar-refractivity contribution in [2.24, 2.45) is 11.0 Å². The van der Waals surface area contributed by atoms with Gasteiger partial charge in [0.05, 0.1) is 25.0 Å². The van der Waals surface area contributed by atoms with E-state index in [0.29, 0.717) is 17.3 Å². The number of fused-ring (bicyclic) bond motifs is 1. The Hall–Kier alpha value is -5.41. The number of benzene rings is 1. The highest BCUT2D eigenvalue weighted by molar-refractivity contribution is 5.97. The van der Waals surface area contributed by atoms with Crippen molar-refractivity contribution < 1.29 is 24.3 Å². The first-order chi connectivity index (χ1) is 20.7. The van der Waals surface area contributed by atoms with Crippen LogP contribution in [0.15, 0.2) is 40.4 Å². The van der Waals surface area contributed by atoms with E-state index < -0.39 is 35.3 Å². The van der Waals surface area contributed by atoms with Crippen molar-refractivity contribution in [2.75, 3.05) is 17.6 Å². The second-order valence-electron chi connectivity index (χ2n) is 9.95. The van der Waals surface area contributed by atoms with Crippen molar-refractivity contribution >= 4 is 52.7 Å². The van der Waals surface area contributed by atoms with Gasteiger partial charge in [0, 0.05) is 23.9 Å². The molecule has 1 unspecified atom stereocenters. The number of aromatic nitrogens is 4. The van der Waals surface area contributed by atoms with Gasteiger partial charge in [-0.2, -0.15) is 10.1 Å². The summed E-state index contributed by atoms with van der Waals surface area (Å²) in [4.78, 5) is 75.0. The zero-order valence-electron chi connectivity index (χ0n) is 23.1. The molecule has 16 nitrogen and oxygen atoms in total. The molecule has 1 aliphatic carbocycles. The smallest absolute Gasteiger partial charge is 0.326 e. The van der Waals surface area contributed by atoms with Crippen molar-refractivity contribution in [3.8, 4) is 0 Å². The van der Waals surface area contributed by atoms with Gasteiger partial charge in [0.25, 0.3) is 17.4 Å². The average molecular weight is 593 g/mol. The predicted molar refractivity (Wildman–Crippen MR) is 156 cm³/mol. The van der Waals surface area contributed by atoms with E-state index in [1.165, 1.54) is 18.3 Å². The predicted octanol–water partition coefficient (Wildman–Crippen LogP) is 0.279. The fraction of sp³-hybridized carbons (Fsp3) is 0.370. The highest BCUT2D eigenvalue weighted by atomic mass is 16.4. The van der Waals surface area contributed by atoms with Gasteiger partial charge in [-0.15, -0.1) is 0 Å². The van der Waals surface area contributed by atoms with Gasteiger partial charge in [0.1, 0.15) is 6.04 Å².